The molecule has 0 radical (unpaired) electrons. The lowest BCUT2D eigenvalue weighted by Crippen LogP contribution is -2.46. The summed E-state index contributed by atoms with van der Waals surface area (Å²) in [5, 5.41) is 11.0. The zero-order valence-electron chi connectivity index (χ0n) is 15.5. The van der Waals surface area contributed by atoms with Gasteiger partial charge in [0.25, 0.3) is 0 Å². The molecule has 5 heteroatoms. The highest BCUT2D eigenvalue weighted by Gasteiger charge is 2.41. The fourth-order valence-electron chi connectivity index (χ4n) is 3.91. The number of hydrogen-bond acceptors (Lipinski definition) is 5. The van der Waals surface area contributed by atoms with Crippen LogP contribution in [0.15, 0.2) is 43.0 Å². The first-order chi connectivity index (χ1) is 13.2. The van der Waals surface area contributed by atoms with E-state index in [0.717, 1.165) is 53.3 Å². The van der Waals surface area contributed by atoms with Crippen molar-refractivity contribution < 1.29 is 24.4 Å². The van der Waals surface area contributed by atoms with E-state index in [2.05, 4.69) is 6.58 Å². The second kappa shape index (κ2) is 7.98. The minimum atomic E-state index is -0.570. The average molecular weight is 370 g/mol. The van der Waals surface area contributed by atoms with Gasteiger partial charge < -0.3 is 14.6 Å². The van der Waals surface area contributed by atoms with Crippen LogP contribution in [0.4, 0.5) is 0 Å². The summed E-state index contributed by atoms with van der Waals surface area (Å²) in [6.07, 6.45) is 4.86. The molecule has 1 saturated carbocycles. The Labute approximate surface area is 159 Å². The number of aliphatic hydroxyl groups excluding tert-OH is 1. The average Bonchev–Trinajstić information content (AvgIpc) is 2.73. The van der Waals surface area contributed by atoms with Crippen LogP contribution >= 0.6 is 0 Å². The summed E-state index contributed by atoms with van der Waals surface area (Å²) in [5.74, 6) is 0.174. The van der Waals surface area contributed by atoms with Gasteiger partial charge in [-0.2, -0.15) is 0 Å². The summed E-state index contributed by atoms with van der Waals surface area (Å²) in [4.78, 5) is 11.5. The summed E-state index contributed by atoms with van der Waals surface area (Å²) >= 11 is 0. The minimum absolute atomic E-state index is 0.0187. The highest BCUT2D eigenvalue weighted by Crippen LogP contribution is 2.39. The van der Waals surface area contributed by atoms with E-state index in [0.29, 0.717) is 6.61 Å². The van der Waals surface area contributed by atoms with Crippen LogP contribution in [0.5, 0.6) is 5.75 Å². The predicted octanol–water partition coefficient (Wildman–Crippen LogP) is 4.23. The van der Waals surface area contributed by atoms with Crippen molar-refractivity contribution in [2.45, 2.75) is 44.0 Å². The molecule has 1 spiro atoms. The molecule has 27 heavy (non-hydrogen) atoms. The van der Waals surface area contributed by atoms with Crippen molar-refractivity contribution in [3.05, 3.63) is 48.5 Å². The fourth-order valence-corrected chi connectivity index (χ4v) is 3.91. The maximum absolute atomic E-state index is 9.03. The Morgan fingerprint density at radius 1 is 1.11 bits per heavy atom. The standard InChI is InChI=1S/C22H26O5/c1-16(21-15-25-22(27-26-21)11-5-2-6-12-22)17-9-10-20(24-14-13-23)19-8-4-3-7-18(17)19/h3-4,7-10,21,23H,1-2,5-6,11-15H2. The summed E-state index contributed by atoms with van der Waals surface area (Å²) < 4.78 is 11.8. The molecular formula is C22H26O5. The molecule has 0 amide bonds. The Kier molecular flexibility index (Phi) is 5.45. The summed E-state index contributed by atoms with van der Waals surface area (Å²) in [5.41, 5.74) is 1.81. The third kappa shape index (κ3) is 3.73. The second-order valence-corrected chi connectivity index (χ2v) is 7.20. The zero-order valence-corrected chi connectivity index (χ0v) is 15.5. The number of benzene rings is 2. The zero-order chi connectivity index (χ0) is 18.7. The molecule has 1 saturated heterocycles. The van der Waals surface area contributed by atoms with Gasteiger partial charge in [-0.1, -0.05) is 43.3 Å². The molecule has 2 fully saturated rings. The maximum Gasteiger partial charge on any atom is 0.201 e. The third-order valence-corrected chi connectivity index (χ3v) is 5.40. The predicted molar refractivity (Wildman–Crippen MR) is 103 cm³/mol. The van der Waals surface area contributed by atoms with Gasteiger partial charge in [0.2, 0.25) is 5.79 Å². The molecule has 5 nitrogen and oxygen atoms in total. The quantitative estimate of drug-likeness (QED) is 0.798. The van der Waals surface area contributed by atoms with Gasteiger partial charge in [0.15, 0.2) is 0 Å². The summed E-state index contributed by atoms with van der Waals surface area (Å²) in [6, 6.07) is 11.9. The van der Waals surface area contributed by atoms with Crippen LogP contribution < -0.4 is 4.74 Å². The maximum atomic E-state index is 9.03. The number of ether oxygens (including phenoxy) is 2. The van der Waals surface area contributed by atoms with Gasteiger partial charge >= 0.3 is 0 Å². The Morgan fingerprint density at radius 2 is 1.89 bits per heavy atom. The Balaban J connectivity index is 1.55. The monoisotopic (exact) mass is 370 g/mol. The largest absolute Gasteiger partial charge is 0.491 e. The number of hydrogen-bond donors (Lipinski definition) is 1. The molecule has 2 aromatic carbocycles. The van der Waals surface area contributed by atoms with Gasteiger partial charge in [0.1, 0.15) is 18.5 Å². The smallest absolute Gasteiger partial charge is 0.201 e. The van der Waals surface area contributed by atoms with E-state index in [1.165, 1.54) is 6.42 Å². The van der Waals surface area contributed by atoms with Crippen LogP contribution in [-0.4, -0.2) is 36.8 Å². The molecule has 1 unspecified atom stereocenters. The molecule has 2 aliphatic rings. The van der Waals surface area contributed by atoms with Crippen molar-refractivity contribution in [3.63, 3.8) is 0 Å². The molecule has 1 atom stereocenters. The van der Waals surface area contributed by atoms with Crippen molar-refractivity contribution in [3.8, 4) is 5.75 Å². The van der Waals surface area contributed by atoms with E-state index in [4.69, 9.17) is 24.4 Å². The molecule has 0 bridgehead atoms. The highest BCUT2D eigenvalue weighted by molar-refractivity contribution is 5.97. The molecule has 144 valence electrons. The van der Waals surface area contributed by atoms with E-state index >= 15 is 0 Å². The number of aliphatic hydroxyl groups is 1. The Bertz CT molecular complexity index is 799. The molecule has 1 N–H and O–H groups in total. The van der Waals surface area contributed by atoms with Gasteiger partial charge in [0.05, 0.1) is 13.2 Å². The van der Waals surface area contributed by atoms with Crippen molar-refractivity contribution in [2.24, 2.45) is 0 Å². The van der Waals surface area contributed by atoms with Crippen molar-refractivity contribution in [2.75, 3.05) is 19.8 Å². The van der Waals surface area contributed by atoms with E-state index in [-0.39, 0.29) is 19.3 Å². The van der Waals surface area contributed by atoms with Gasteiger partial charge in [0, 0.05) is 18.2 Å². The molecule has 0 aromatic heterocycles. The van der Waals surface area contributed by atoms with Crippen LogP contribution in [0.25, 0.3) is 16.3 Å². The lowest BCUT2D eigenvalue weighted by Gasteiger charge is -2.41. The van der Waals surface area contributed by atoms with Crippen LogP contribution in [-0.2, 0) is 14.5 Å². The second-order valence-electron chi connectivity index (χ2n) is 7.20. The minimum Gasteiger partial charge on any atom is -0.491 e. The lowest BCUT2D eigenvalue weighted by atomic mass is 9.93. The van der Waals surface area contributed by atoms with Crippen molar-refractivity contribution >= 4 is 16.3 Å². The highest BCUT2D eigenvalue weighted by atomic mass is 17.2. The topological polar surface area (TPSA) is 57.2 Å². The Morgan fingerprint density at radius 3 is 2.59 bits per heavy atom. The van der Waals surface area contributed by atoms with Crippen LogP contribution in [0.2, 0.25) is 0 Å². The Hall–Kier alpha value is -1.92. The molecule has 1 heterocycles. The van der Waals surface area contributed by atoms with Crippen LogP contribution in [0.3, 0.4) is 0 Å². The summed E-state index contributed by atoms with van der Waals surface area (Å²) in [7, 11) is 0. The first-order valence-electron chi connectivity index (χ1n) is 9.65. The summed E-state index contributed by atoms with van der Waals surface area (Å²) in [6.45, 7) is 4.94. The van der Waals surface area contributed by atoms with Gasteiger partial charge in [-0.15, -0.1) is 0 Å². The van der Waals surface area contributed by atoms with E-state index < -0.39 is 5.79 Å². The van der Waals surface area contributed by atoms with Gasteiger partial charge in [-0.05, 0) is 35.4 Å². The van der Waals surface area contributed by atoms with Crippen LogP contribution in [0.1, 0.15) is 37.7 Å². The first kappa shape index (κ1) is 18.4. The van der Waals surface area contributed by atoms with E-state index in [1.54, 1.807) is 0 Å². The molecule has 2 aromatic rings. The van der Waals surface area contributed by atoms with E-state index in [9.17, 15) is 0 Å². The molecule has 1 aliphatic heterocycles. The van der Waals surface area contributed by atoms with Crippen molar-refractivity contribution in [1.82, 2.24) is 0 Å². The SMILES string of the molecule is C=C(c1ccc(OCCO)c2ccccc12)C1COC2(CCCCC2)OO1. The van der Waals surface area contributed by atoms with E-state index in [1.807, 2.05) is 36.4 Å². The number of rotatable bonds is 5. The first-order valence-corrected chi connectivity index (χ1v) is 9.65. The number of fused-ring (bicyclic) bond motifs is 1. The van der Waals surface area contributed by atoms with Crippen LogP contribution in [0, 0.1) is 0 Å². The third-order valence-electron chi connectivity index (χ3n) is 5.40. The fraction of sp³-hybridized carbons (Fsp3) is 0.455. The molecule has 4 rings (SSSR count). The molecule has 1 aliphatic carbocycles. The van der Waals surface area contributed by atoms with Gasteiger partial charge in [-0.25, -0.2) is 9.78 Å². The van der Waals surface area contributed by atoms with Crippen molar-refractivity contribution in [1.29, 1.82) is 0 Å². The lowest BCUT2D eigenvalue weighted by molar-refractivity contribution is -0.483. The molecular weight excluding hydrogens is 344 g/mol. The normalized spacial score (nSPS) is 22.0. The van der Waals surface area contributed by atoms with Gasteiger partial charge in [-0.3, -0.25) is 0 Å².